The first kappa shape index (κ1) is 15.8. The van der Waals surface area contributed by atoms with Crippen LogP contribution in [0.15, 0.2) is 35.2 Å². The van der Waals surface area contributed by atoms with Crippen molar-refractivity contribution in [1.29, 1.82) is 0 Å². The number of thiazole rings is 1. The molecule has 1 aliphatic heterocycles. The van der Waals surface area contributed by atoms with Crippen molar-refractivity contribution in [2.45, 2.75) is 32.9 Å². The largest absolute Gasteiger partial charge is 0.322 e. The first-order valence-corrected chi connectivity index (χ1v) is 9.15. The van der Waals surface area contributed by atoms with Crippen molar-refractivity contribution in [2.75, 3.05) is 5.32 Å². The molecule has 0 bridgehead atoms. The van der Waals surface area contributed by atoms with Gasteiger partial charge in [0, 0.05) is 34.8 Å². The molecule has 3 heterocycles. The number of carbonyl (C=O) groups excluding carboxylic acids is 1. The molecule has 1 aliphatic rings. The number of fused-ring (bicyclic) bond motifs is 1. The number of urea groups is 1. The molecule has 2 aromatic heterocycles. The van der Waals surface area contributed by atoms with Gasteiger partial charge in [-0.3, -0.25) is 5.10 Å². The number of aromatic amines is 1. The van der Waals surface area contributed by atoms with E-state index in [9.17, 15) is 4.79 Å². The highest BCUT2D eigenvalue weighted by Crippen LogP contribution is 2.30. The summed E-state index contributed by atoms with van der Waals surface area (Å²) in [5.41, 5.74) is 7.58. The minimum absolute atomic E-state index is 0.0887. The van der Waals surface area contributed by atoms with Crippen molar-refractivity contribution in [1.82, 2.24) is 20.1 Å². The number of hydrogen-bond acceptors (Lipinski definition) is 4. The number of H-pyrrole nitrogens is 1. The fourth-order valence-corrected chi connectivity index (χ4v) is 3.74. The van der Waals surface area contributed by atoms with Crippen molar-refractivity contribution in [3.05, 3.63) is 52.0 Å². The third-order valence-electron chi connectivity index (χ3n) is 4.52. The van der Waals surface area contributed by atoms with Crippen molar-refractivity contribution in [3.8, 4) is 11.4 Å². The number of amides is 2. The minimum Gasteiger partial charge on any atom is -0.317 e. The molecular weight excluding hydrogens is 334 g/mol. The Kier molecular flexibility index (Phi) is 4.01. The zero-order chi connectivity index (χ0) is 17.4. The van der Waals surface area contributed by atoms with Crippen molar-refractivity contribution < 1.29 is 4.79 Å². The normalized spacial score (nSPS) is 16.6. The van der Waals surface area contributed by atoms with Gasteiger partial charge in [0.05, 0.1) is 12.1 Å². The van der Waals surface area contributed by atoms with Gasteiger partial charge in [-0.15, -0.1) is 11.3 Å². The third-order valence-corrected chi connectivity index (χ3v) is 5.10. The molecule has 0 fully saturated rings. The lowest BCUT2D eigenvalue weighted by molar-refractivity contribution is 0.182. The van der Waals surface area contributed by atoms with Crippen LogP contribution in [0.3, 0.4) is 0 Å². The Bertz CT molecular complexity index is 902. The molecule has 1 unspecified atom stereocenters. The predicted octanol–water partition coefficient (Wildman–Crippen LogP) is 3.82. The zero-order valence-corrected chi connectivity index (χ0v) is 14.9. The van der Waals surface area contributed by atoms with Crippen LogP contribution in [0.2, 0.25) is 0 Å². The number of nitrogens with one attached hydrogen (secondary N) is 2. The molecule has 1 aromatic carbocycles. The van der Waals surface area contributed by atoms with Crippen molar-refractivity contribution >= 4 is 23.1 Å². The maximum Gasteiger partial charge on any atom is 0.322 e. The highest BCUT2D eigenvalue weighted by Gasteiger charge is 2.31. The second kappa shape index (κ2) is 6.33. The molecule has 3 aromatic rings. The van der Waals surface area contributed by atoms with E-state index in [4.69, 9.17) is 0 Å². The van der Waals surface area contributed by atoms with E-state index < -0.39 is 0 Å². The second-order valence-corrected chi connectivity index (χ2v) is 7.10. The molecule has 1 atom stereocenters. The van der Waals surface area contributed by atoms with Gasteiger partial charge in [0.15, 0.2) is 0 Å². The van der Waals surface area contributed by atoms with Crippen molar-refractivity contribution in [2.24, 2.45) is 0 Å². The van der Waals surface area contributed by atoms with E-state index in [2.05, 4.69) is 27.4 Å². The fourth-order valence-electron chi connectivity index (χ4n) is 3.20. The van der Waals surface area contributed by atoms with Gasteiger partial charge >= 0.3 is 6.03 Å². The van der Waals surface area contributed by atoms with Crippen LogP contribution in [0.5, 0.6) is 0 Å². The van der Waals surface area contributed by atoms with Gasteiger partial charge in [-0.1, -0.05) is 12.1 Å². The highest BCUT2D eigenvalue weighted by molar-refractivity contribution is 7.07. The number of aromatic nitrogens is 3. The van der Waals surface area contributed by atoms with Gasteiger partial charge in [0.1, 0.15) is 11.4 Å². The molecule has 0 saturated carbocycles. The number of benzene rings is 1. The van der Waals surface area contributed by atoms with E-state index in [1.807, 2.05) is 41.5 Å². The highest BCUT2D eigenvalue weighted by atomic mass is 32.1. The molecule has 7 heteroatoms. The molecule has 4 rings (SSSR count). The van der Waals surface area contributed by atoms with Crippen LogP contribution in [-0.2, 0) is 13.0 Å². The maximum atomic E-state index is 12.8. The first-order valence-electron chi connectivity index (χ1n) is 8.21. The number of rotatable bonds is 2. The Morgan fingerprint density at radius 3 is 3.08 bits per heavy atom. The lowest BCUT2D eigenvalue weighted by Crippen LogP contribution is -2.44. The van der Waals surface area contributed by atoms with Gasteiger partial charge in [0.25, 0.3) is 0 Å². The minimum atomic E-state index is -0.0887. The van der Waals surface area contributed by atoms with Crippen LogP contribution in [0.4, 0.5) is 10.5 Å². The lowest BCUT2D eigenvalue weighted by Gasteiger charge is -2.33. The number of hydrogen-bond donors (Lipinski definition) is 2. The summed E-state index contributed by atoms with van der Waals surface area (Å²) in [4.78, 5) is 19.0. The quantitative estimate of drug-likeness (QED) is 0.735. The van der Waals surface area contributed by atoms with Crippen LogP contribution < -0.4 is 5.32 Å². The van der Waals surface area contributed by atoms with E-state index >= 15 is 0 Å². The second-order valence-electron chi connectivity index (χ2n) is 6.38. The SMILES string of the molecule is Cc1cccc(NC(=O)N2Cc3c(-c4cscn4)n[nH]c3CC2C)c1. The monoisotopic (exact) mass is 353 g/mol. The van der Waals surface area contributed by atoms with Crippen LogP contribution >= 0.6 is 11.3 Å². The Morgan fingerprint density at radius 1 is 1.44 bits per heavy atom. The summed E-state index contributed by atoms with van der Waals surface area (Å²) < 4.78 is 0. The molecule has 6 nitrogen and oxygen atoms in total. The fraction of sp³-hybridized carbons (Fsp3) is 0.278. The average Bonchev–Trinajstić information content (AvgIpc) is 3.22. The molecule has 128 valence electrons. The third kappa shape index (κ3) is 3.02. The average molecular weight is 353 g/mol. The summed E-state index contributed by atoms with van der Waals surface area (Å²) in [6, 6.07) is 7.84. The van der Waals surface area contributed by atoms with E-state index in [-0.39, 0.29) is 12.1 Å². The summed E-state index contributed by atoms with van der Waals surface area (Å²) >= 11 is 1.54. The Balaban J connectivity index is 1.58. The lowest BCUT2D eigenvalue weighted by atomic mass is 9.99. The summed E-state index contributed by atoms with van der Waals surface area (Å²) in [5.74, 6) is 0. The van der Waals surface area contributed by atoms with E-state index in [1.54, 1.807) is 16.8 Å². The molecule has 0 aliphatic carbocycles. The number of nitrogens with zero attached hydrogens (tertiary/aromatic N) is 3. The van der Waals surface area contributed by atoms with E-state index in [0.29, 0.717) is 6.54 Å². The molecular formula is C18H19N5OS. The predicted molar refractivity (Wildman–Crippen MR) is 98.6 cm³/mol. The molecule has 0 saturated heterocycles. The zero-order valence-electron chi connectivity index (χ0n) is 14.1. The summed E-state index contributed by atoms with van der Waals surface area (Å²) in [6.45, 7) is 4.59. The molecule has 2 N–H and O–H groups in total. The van der Waals surface area contributed by atoms with Crippen LogP contribution in [0.1, 0.15) is 23.7 Å². The maximum absolute atomic E-state index is 12.8. The Hall–Kier alpha value is -2.67. The van der Waals surface area contributed by atoms with Gasteiger partial charge in [0.2, 0.25) is 0 Å². The topological polar surface area (TPSA) is 73.9 Å². The summed E-state index contributed by atoms with van der Waals surface area (Å²) in [5, 5.41) is 12.5. The van der Waals surface area contributed by atoms with Crippen LogP contribution in [0.25, 0.3) is 11.4 Å². The molecule has 0 radical (unpaired) electrons. The molecule has 0 spiro atoms. The van der Waals surface area contributed by atoms with Crippen LogP contribution in [-0.4, -0.2) is 32.2 Å². The number of carbonyl (C=O) groups is 1. The summed E-state index contributed by atoms with van der Waals surface area (Å²) in [6.07, 6.45) is 0.758. The smallest absolute Gasteiger partial charge is 0.317 e. The van der Waals surface area contributed by atoms with Gasteiger partial charge in [-0.05, 0) is 31.5 Å². The van der Waals surface area contributed by atoms with Gasteiger partial charge in [-0.2, -0.15) is 5.10 Å². The number of anilines is 1. The van der Waals surface area contributed by atoms with E-state index in [0.717, 1.165) is 40.3 Å². The Labute approximate surface area is 149 Å². The molecule has 25 heavy (non-hydrogen) atoms. The van der Waals surface area contributed by atoms with Gasteiger partial charge in [-0.25, -0.2) is 9.78 Å². The number of aryl methyl sites for hydroxylation is 1. The van der Waals surface area contributed by atoms with E-state index in [1.165, 1.54) is 0 Å². The Morgan fingerprint density at radius 2 is 2.32 bits per heavy atom. The molecule has 2 amide bonds. The van der Waals surface area contributed by atoms with Crippen LogP contribution in [0, 0.1) is 6.92 Å². The standard InChI is InChI=1S/C18H19N5OS/c1-11-4-3-5-13(6-11)20-18(24)23-8-14-15(7-12(23)2)21-22-17(14)16-9-25-10-19-16/h3-6,9-10,12H,7-8H2,1-2H3,(H,20,24)(H,21,22). The summed E-state index contributed by atoms with van der Waals surface area (Å²) in [7, 11) is 0. The van der Waals surface area contributed by atoms with Gasteiger partial charge < -0.3 is 10.2 Å². The first-order chi connectivity index (χ1) is 12.1. The van der Waals surface area contributed by atoms with Crippen molar-refractivity contribution in [3.63, 3.8) is 0 Å².